The van der Waals surface area contributed by atoms with Crippen molar-refractivity contribution in [3.63, 3.8) is 0 Å². The van der Waals surface area contributed by atoms with Gasteiger partial charge in [0.25, 0.3) is 0 Å². The summed E-state index contributed by atoms with van der Waals surface area (Å²) in [5, 5.41) is 21.5. The minimum absolute atomic E-state index is 0.177. The van der Waals surface area contributed by atoms with Crippen LogP contribution in [0.3, 0.4) is 0 Å². The van der Waals surface area contributed by atoms with Crippen LogP contribution in [0.2, 0.25) is 0 Å². The molecular formula is C31H46O4. The van der Waals surface area contributed by atoms with Crippen LogP contribution in [0.15, 0.2) is 69.8 Å². The van der Waals surface area contributed by atoms with Gasteiger partial charge in [0, 0.05) is 12.0 Å². The zero-order valence-electron chi connectivity index (χ0n) is 23.1. The van der Waals surface area contributed by atoms with Crippen LogP contribution < -0.4 is 0 Å². The third-order valence-corrected chi connectivity index (χ3v) is 6.77. The van der Waals surface area contributed by atoms with Crippen molar-refractivity contribution in [3.05, 3.63) is 69.8 Å². The zero-order valence-corrected chi connectivity index (χ0v) is 23.1. The molecule has 2 N–H and O–H groups in total. The summed E-state index contributed by atoms with van der Waals surface area (Å²) in [6.07, 6.45) is 14.2. The fourth-order valence-corrected chi connectivity index (χ4v) is 4.04. The van der Waals surface area contributed by atoms with E-state index in [1.165, 1.54) is 17.2 Å². The van der Waals surface area contributed by atoms with Gasteiger partial charge in [-0.3, -0.25) is 9.59 Å². The van der Waals surface area contributed by atoms with E-state index in [0.29, 0.717) is 6.42 Å². The van der Waals surface area contributed by atoms with E-state index in [1.807, 2.05) is 32.9 Å². The monoisotopic (exact) mass is 482 g/mol. The second kappa shape index (κ2) is 14.1. The number of ketones is 2. The largest absolute Gasteiger partial charge is 0.511 e. The number of hydrogen-bond donors (Lipinski definition) is 2. The van der Waals surface area contributed by atoms with Gasteiger partial charge in [-0.05, 0) is 86.5 Å². The van der Waals surface area contributed by atoms with Crippen LogP contribution >= 0.6 is 0 Å². The van der Waals surface area contributed by atoms with Crippen LogP contribution in [-0.4, -0.2) is 21.8 Å². The Labute approximate surface area is 212 Å². The fourth-order valence-electron chi connectivity index (χ4n) is 4.04. The lowest BCUT2D eigenvalue weighted by atomic mass is 9.68. The molecule has 0 bridgehead atoms. The summed E-state index contributed by atoms with van der Waals surface area (Å²) in [6, 6.07) is 0. The Bertz CT molecular complexity index is 918. The Morgan fingerprint density at radius 3 is 1.74 bits per heavy atom. The van der Waals surface area contributed by atoms with Crippen LogP contribution in [-0.2, 0) is 9.59 Å². The highest BCUT2D eigenvalue weighted by molar-refractivity contribution is 6.24. The topological polar surface area (TPSA) is 74.6 Å². The lowest BCUT2D eigenvalue weighted by molar-refractivity contribution is -0.129. The Morgan fingerprint density at radius 2 is 1.34 bits per heavy atom. The molecule has 1 unspecified atom stereocenters. The van der Waals surface area contributed by atoms with Crippen LogP contribution in [0, 0.1) is 11.3 Å². The Kier molecular flexibility index (Phi) is 12.2. The lowest BCUT2D eigenvalue weighted by Crippen LogP contribution is -2.40. The van der Waals surface area contributed by atoms with E-state index in [4.69, 9.17) is 0 Å². The summed E-state index contributed by atoms with van der Waals surface area (Å²) in [4.78, 5) is 26.9. The normalized spacial score (nSPS) is 19.9. The maximum Gasteiger partial charge on any atom is 0.184 e. The van der Waals surface area contributed by atoms with Gasteiger partial charge in [0.05, 0.1) is 5.41 Å². The molecule has 1 atom stereocenters. The smallest absolute Gasteiger partial charge is 0.184 e. The summed E-state index contributed by atoms with van der Waals surface area (Å²) < 4.78 is 0. The molecule has 0 spiro atoms. The second-order valence-electron chi connectivity index (χ2n) is 10.5. The molecule has 1 aliphatic carbocycles. The summed E-state index contributed by atoms with van der Waals surface area (Å²) in [7, 11) is 0. The minimum atomic E-state index is -1.29. The molecule has 0 aromatic rings. The quantitative estimate of drug-likeness (QED) is 0.204. The van der Waals surface area contributed by atoms with Crippen LogP contribution in [0.1, 0.15) is 100 Å². The molecule has 4 nitrogen and oxygen atoms in total. The van der Waals surface area contributed by atoms with Gasteiger partial charge >= 0.3 is 0 Å². The lowest BCUT2D eigenvalue weighted by Gasteiger charge is -2.34. The maximum absolute atomic E-state index is 13.8. The third-order valence-electron chi connectivity index (χ3n) is 6.77. The van der Waals surface area contributed by atoms with E-state index in [-0.39, 0.29) is 35.9 Å². The standard InChI is InChI=1S/C31H46O4/c1-9-25(8)29(34)28-26(32)20-27(33)31(30(28)35,18-16-23(6)14-10-12-21(2)3)19-17-24(7)15-11-13-22(4)5/h12-13,16-17,20,25,32-33H,9-11,14-15,18-19H2,1-8H3. The molecule has 0 aromatic carbocycles. The van der Waals surface area contributed by atoms with Crippen LogP contribution in [0.4, 0.5) is 0 Å². The maximum atomic E-state index is 13.8. The molecule has 1 aliphatic rings. The summed E-state index contributed by atoms with van der Waals surface area (Å²) >= 11 is 0. The zero-order chi connectivity index (χ0) is 26.8. The summed E-state index contributed by atoms with van der Waals surface area (Å²) in [6.45, 7) is 16.0. The van der Waals surface area contributed by atoms with Gasteiger partial charge in [-0.15, -0.1) is 0 Å². The van der Waals surface area contributed by atoms with E-state index in [1.54, 1.807) is 6.92 Å². The predicted octanol–water partition coefficient (Wildman–Crippen LogP) is 8.59. The van der Waals surface area contributed by atoms with Crippen molar-refractivity contribution in [3.8, 4) is 0 Å². The van der Waals surface area contributed by atoms with Gasteiger partial charge in [-0.1, -0.05) is 60.4 Å². The number of aliphatic hydroxyl groups is 2. The van der Waals surface area contributed by atoms with Crippen LogP contribution in [0.25, 0.3) is 0 Å². The van der Waals surface area contributed by atoms with Gasteiger partial charge in [0.2, 0.25) is 0 Å². The van der Waals surface area contributed by atoms with Gasteiger partial charge < -0.3 is 10.2 Å². The Balaban J connectivity index is 3.39. The first-order chi connectivity index (χ1) is 16.3. The Morgan fingerprint density at radius 1 is 0.886 bits per heavy atom. The average Bonchev–Trinajstić information content (AvgIpc) is 2.77. The second-order valence-corrected chi connectivity index (χ2v) is 10.5. The fraction of sp³-hybridized carbons (Fsp3) is 0.548. The van der Waals surface area contributed by atoms with Crippen molar-refractivity contribution in [1.82, 2.24) is 0 Å². The number of Topliss-reactive ketones (excluding diaryl/α,β-unsaturated/α-hetero) is 2. The predicted molar refractivity (Wildman–Crippen MR) is 146 cm³/mol. The average molecular weight is 483 g/mol. The molecule has 4 heteroatoms. The Hall–Kier alpha value is -2.62. The molecule has 35 heavy (non-hydrogen) atoms. The summed E-state index contributed by atoms with van der Waals surface area (Å²) in [5.41, 5.74) is 3.31. The van der Waals surface area contributed by atoms with E-state index < -0.39 is 17.0 Å². The van der Waals surface area contributed by atoms with E-state index in [2.05, 4.69) is 39.8 Å². The molecule has 0 radical (unpaired) electrons. The van der Waals surface area contributed by atoms with Gasteiger partial charge in [-0.25, -0.2) is 0 Å². The van der Waals surface area contributed by atoms with Crippen molar-refractivity contribution in [1.29, 1.82) is 0 Å². The van der Waals surface area contributed by atoms with Crippen molar-refractivity contribution >= 4 is 11.6 Å². The van der Waals surface area contributed by atoms with Gasteiger partial charge in [0.1, 0.15) is 17.1 Å². The number of hydrogen-bond acceptors (Lipinski definition) is 4. The highest BCUT2D eigenvalue weighted by Crippen LogP contribution is 2.44. The van der Waals surface area contributed by atoms with Crippen LogP contribution in [0.5, 0.6) is 0 Å². The number of allylic oxidation sites excluding steroid dienone is 11. The minimum Gasteiger partial charge on any atom is -0.511 e. The molecule has 1 rings (SSSR count). The summed E-state index contributed by atoms with van der Waals surface area (Å²) in [5.74, 6) is -1.84. The first-order valence-corrected chi connectivity index (χ1v) is 12.9. The molecule has 0 amide bonds. The highest BCUT2D eigenvalue weighted by Gasteiger charge is 2.48. The molecule has 194 valence electrons. The van der Waals surface area contributed by atoms with Gasteiger partial charge in [0.15, 0.2) is 11.6 Å². The van der Waals surface area contributed by atoms with E-state index in [9.17, 15) is 19.8 Å². The molecule has 0 saturated heterocycles. The number of carbonyl (C=O) groups excluding carboxylic acids is 2. The molecule has 0 aliphatic heterocycles. The van der Waals surface area contributed by atoms with Crippen molar-refractivity contribution < 1.29 is 19.8 Å². The van der Waals surface area contributed by atoms with E-state index >= 15 is 0 Å². The number of aliphatic hydroxyl groups excluding tert-OH is 2. The van der Waals surface area contributed by atoms with Crippen molar-refractivity contribution in [2.45, 2.75) is 100 Å². The van der Waals surface area contributed by atoms with E-state index in [0.717, 1.165) is 36.8 Å². The highest BCUT2D eigenvalue weighted by atomic mass is 16.3. The molecule has 0 heterocycles. The number of carbonyl (C=O) groups is 2. The molecule has 0 saturated carbocycles. The SMILES string of the molecule is CCC(C)C(=O)C1=C(O)C=C(O)C(CC=C(C)CCC=C(C)C)(CC=C(C)CCC=C(C)C)C1=O. The molecular weight excluding hydrogens is 436 g/mol. The molecule has 0 fully saturated rings. The third kappa shape index (κ3) is 8.83. The van der Waals surface area contributed by atoms with Crippen molar-refractivity contribution in [2.24, 2.45) is 11.3 Å². The first kappa shape index (κ1) is 30.4. The number of rotatable bonds is 13. The van der Waals surface area contributed by atoms with Gasteiger partial charge in [-0.2, -0.15) is 0 Å². The molecule has 0 aromatic heterocycles. The first-order valence-electron chi connectivity index (χ1n) is 12.9. The van der Waals surface area contributed by atoms with Crippen molar-refractivity contribution in [2.75, 3.05) is 0 Å².